The van der Waals surface area contributed by atoms with Crippen LogP contribution in [0.2, 0.25) is 0 Å². The molecule has 1 aromatic heterocycles. The van der Waals surface area contributed by atoms with Gasteiger partial charge in [0.05, 0.1) is 5.52 Å². The summed E-state index contributed by atoms with van der Waals surface area (Å²) in [6.07, 6.45) is 0.951. The first kappa shape index (κ1) is 16.7. The lowest BCUT2D eigenvalue weighted by atomic mass is 10.1. The molecule has 26 heavy (non-hydrogen) atoms. The van der Waals surface area contributed by atoms with Crippen molar-refractivity contribution in [3.05, 3.63) is 88.9 Å². The molecule has 4 rings (SSSR count). The maximum Gasteiger partial charge on any atom is 0.162 e. The van der Waals surface area contributed by atoms with Crippen LogP contribution < -0.4 is 5.32 Å². The molecule has 0 radical (unpaired) electrons. The predicted molar refractivity (Wildman–Crippen MR) is 111 cm³/mol. The van der Waals surface area contributed by atoms with Crippen LogP contribution in [0.15, 0.2) is 83.3 Å². The van der Waals surface area contributed by atoms with Crippen molar-refractivity contribution < 1.29 is 0 Å². The summed E-state index contributed by atoms with van der Waals surface area (Å²) in [6.45, 7) is 0.824. The Bertz CT molecular complexity index is 1010. The fraction of sp³-hybridized carbons (Fsp3) is 0.0909. The van der Waals surface area contributed by atoms with Gasteiger partial charge in [0.2, 0.25) is 0 Å². The third-order valence-corrected chi connectivity index (χ3v) is 4.78. The van der Waals surface area contributed by atoms with Crippen LogP contribution in [-0.2, 0) is 6.42 Å². The van der Waals surface area contributed by atoms with Gasteiger partial charge in [-0.2, -0.15) is 0 Å². The van der Waals surface area contributed by atoms with Crippen LogP contribution in [0.3, 0.4) is 0 Å². The molecule has 0 aliphatic rings. The van der Waals surface area contributed by atoms with E-state index in [0.717, 1.165) is 45.5 Å². The Morgan fingerprint density at radius 1 is 0.769 bits per heavy atom. The molecule has 1 heterocycles. The Hall–Kier alpha value is -2.72. The van der Waals surface area contributed by atoms with Crippen molar-refractivity contribution in [2.24, 2.45) is 0 Å². The van der Waals surface area contributed by atoms with Gasteiger partial charge < -0.3 is 5.32 Å². The van der Waals surface area contributed by atoms with Crippen LogP contribution in [0.5, 0.6) is 0 Å². The van der Waals surface area contributed by atoms with Gasteiger partial charge >= 0.3 is 0 Å². The second kappa shape index (κ2) is 7.67. The van der Waals surface area contributed by atoms with Crippen molar-refractivity contribution in [1.29, 1.82) is 0 Å². The molecule has 0 aliphatic carbocycles. The highest BCUT2D eigenvalue weighted by atomic mass is 79.9. The molecular weight excluding hydrogens is 386 g/mol. The lowest BCUT2D eigenvalue weighted by Gasteiger charge is -2.11. The van der Waals surface area contributed by atoms with Gasteiger partial charge in [-0.05, 0) is 36.2 Å². The minimum absolute atomic E-state index is 0.735. The number of rotatable bonds is 5. The molecule has 3 nitrogen and oxygen atoms in total. The number of para-hydroxylation sites is 1. The fourth-order valence-electron chi connectivity index (χ4n) is 2.91. The molecule has 4 aromatic rings. The van der Waals surface area contributed by atoms with E-state index in [-0.39, 0.29) is 0 Å². The van der Waals surface area contributed by atoms with Gasteiger partial charge in [-0.3, -0.25) is 0 Å². The molecule has 0 spiro atoms. The zero-order chi connectivity index (χ0) is 17.8. The van der Waals surface area contributed by atoms with Crippen LogP contribution >= 0.6 is 15.9 Å². The largest absolute Gasteiger partial charge is 0.369 e. The molecule has 0 amide bonds. The SMILES string of the molecule is Brc1ccc(-c2nc(NCCc3ccccc3)c3ccccc3n2)cc1. The number of fused-ring (bicyclic) bond motifs is 1. The zero-order valence-corrected chi connectivity index (χ0v) is 15.8. The van der Waals surface area contributed by atoms with Gasteiger partial charge in [-0.25, -0.2) is 9.97 Å². The van der Waals surface area contributed by atoms with Crippen molar-refractivity contribution in [3.8, 4) is 11.4 Å². The van der Waals surface area contributed by atoms with Gasteiger partial charge in [-0.15, -0.1) is 0 Å². The summed E-state index contributed by atoms with van der Waals surface area (Å²) in [5.74, 6) is 1.61. The van der Waals surface area contributed by atoms with E-state index in [1.165, 1.54) is 5.56 Å². The molecule has 3 aromatic carbocycles. The number of hydrogen-bond donors (Lipinski definition) is 1. The van der Waals surface area contributed by atoms with E-state index in [2.05, 4.69) is 51.6 Å². The Morgan fingerprint density at radius 2 is 1.50 bits per heavy atom. The lowest BCUT2D eigenvalue weighted by molar-refractivity contribution is 1.01. The van der Waals surface area contributed by atoms with Crippen molar-refractivity contribution in [2.45, 2.75) is 6.42 Å². The van der Waals surface area contributed by atoms with E-state index in [1.807, 2.05) is 48.5 Å². The molecule has 0 aliphatic heterocycles. The van der Waals surface area contributed by atoms with Gasteiger partial charge in [-0.1, -0.05) is 70.5 Å². The highest BCUT2D eigenvalue weighted by Gasteiger charge is 2.09. The first-order valence-electron chi connectivity index (χ1n) is 8.60. The molecule has 0 fully saturated rings. The molecule has 0 unspecified atom stereocenters. The third-order valence-electron chi connectivity index (χ3n) is 4.25. The van der Waals surface area contributed by atoms with E-state index in [0.29, 0.717) is 0 Å². The molecule has 0 saturated carbocycles. The molecule has 0 atom stereocenters. The van der Waals surface area contributed by atoms with Crippen LogP contribution in [0, 0.1) is 0 Å². The van der Waals surface area contributed by atoms with Crippen molar-refractivity contribution in [1.82, 2.24) is 9.97 Å². The van der Waals surface area contributed by atoms with Gasteiger partial charge in [0.15, 0.2) is 5.82 Å². The highest BCUT2D eigenvalue weighted by molar-refractivity contribution is 9.10. The summed E-state index contributed by atoms with van der Waals surface area (Å²) in [5.41, 5.74) is 3.26. The Morgan fingerprint density at radius 3 is 2.31 bits per heavy atom. The van der Waals surface area contributed by atoms with E-state index in [9.17, 15) is 0 Å². The number of anilines is 1. The summed E-state index contributed by atoms with van der Waals surface area (Å²) >= 11 is 3.48. The lowest BCUT2D eigenvalue weighted by Crippen LogP contribution is -2.08. The quantitative estimate of drug-likeness (QED) is 0.463. The normalized spacial score (nSPS) is 10.8. The summed E-state index contributed by atoms with van der Waals surface area (Å²) < 4.78 is 1.04. The first-order valence-corrected chi connectivity index (χ1v) is 9.39. The zero-order valence-electron chi connectivity index (χ0n) is 14.2. The number of nitrogens with zero attached hydrogens (tertiary/aromatic N) is 2. The summed E-state index contributed by atoms with van der Waals surface area (Å²) in [4.78, 5) is 9.53. The smallest absolute Gasteiger partial charge is 0.162 e. The van der Waals surface area contributed by atoms with E-state index in [4.69, 9.17) is 9.97 Å². The standard InChI is InChI=1S/C22H18BrN3/c23-18-12-10-17(11-13-18)21-25-20-9-5-4-8-19(20)22(26-21)24-15-14-16-6-2-1-3-7-16/h1-13H,14-15H2,(H,24,25,26). The number of nitrogens with one attached hydrogen (secondary N) is 1. The second-order valence-electron chi connectivity index (χ2n) is 6.08. The Balaban J connectivity index is 1.64. The average molecular weight is 404 g/mol. The van der Waals surface area contributed by atoms with Gasteiger partial charge in [0, 0.05) is 22.0 Å². The molecule has 128 valence electrons. The number of benzene rings is 3. The van der Waals surface area contributed by atoms with Crippen LogP contribution in [-0.4, -0.2) is 16.5 Å². The van der Waals surface area contributed by atoms with Crippen LogP contribution in [0.1, 0.15) is 5.56 Å². The van der Waals surface area contributed by atoms with Gasteiger partial charge in [0.25, 0.3) is 0 Å². The van der Waals surface area contributed by atoms with Crippen LogP contribution in [0.4, 0.5) is 5.82 Å². The monoisotopic (exact) mass is 403 g/mol. The maximum absolute atomic E-state index is 4.79. The van der Waals surface area contributed by atoms with Crippen molar-refractivity contribution >= 4 is 32.7 Å². The first-order chi connectivity index (χ1) is 12.8. The number of hydrogen-bond acceptors (Lipinski definition) is 3. The average Bonchev–Trinajstić information content (AvgIpc) is 2.69. The maximum atomic E-state index is 4.79. The fourth-order valence-corrected chi connectivity index (χ4v) is 3.17. The molecular formula is C22H18BrN3. The van der Waals surface area contributed by atoms with Crippen molar-refractivity contribution in [2.75, 3.05) is 11.9 Å². The van der Waals surface area contributed by atoms with E-state index < -0.39 is 0 Å². The molecule has 0 bridgehead atoms. The highest BCUT2D eigenvalue weighted by Crippen LogP contribution is 2.25. The van der Waals surface area contributed by atoms with E-state index >= 15 is 0 Å². The molecule has 1 N–H and O–H groups in total. The van der Waals surface area contributed by atoms with Gasteiger partial charge in [0.1, 0.15) is 5.82 Å². The number of aromatic nitrogens is 2. The summed E-state index contributed by atoms with van der Waals surface area (Å²) in [6, 6.07) is 26.7. The summed E-state index contributed by atoms with van der Waals surface area (Å²) in [7, 11) is 0. The molecule has 0 saturated heterocycles. The van der Waals surface area contributed by atoms with Crippen LogP contribution in [0.25, 0.3) is 22.3 Å². The predicted octanol–water partition coefficient (Wildman–Crippen LogP) is 5.71. The topological polar surface area (TPSA) is 37.8 Å². The summed E-state index contributed by atoms with van der Waals surface area (Å²) in [5, 5.41) is 4.54. The molecule has 4 heteroatoms. The second-order valence-corrected chi connectivity index (χ2v) is 7.00. The minimum Gasteiger partial charge on any atom is -0.369 e. The minimum atomic E-state index is 0.735. The van der Waals surface area contributed by atoms with Crippen molar-refractivity contribution in [3.63, 3.8) is 0 Å². The Labute approximate surface area is 161 Å². The third kappa shape index (κ3) is 3.75. The Kier molecular flexibility index (Phi) is 4.93. The van der Waals surface area contributed by atoms with E-state index in [1.54, 1.807) is 0 Å². The number of halogens is 1.